The van der Waals surface area contributed by atoms with Crippen LogP contribution in [0, 0.1) is 0 Å². The van der Waals surface area contributed by atoms with E-state index in [0.29, 0.717) is 5.69 Å². The van der Waals surface area contributed by atoms with Gasteiger partial charge in [-0.2, -0.15) is 0 Å². The van der Waals surface area contributed by atoms with Crippen molar-refractivity contribution in [2.45, 2.75) is 4.90 Å². The minimum atomic E-state index is -3.79. The summed E-state index contributed by atoms with van der Waals surface area (Å²) in [6.07, 6.45) is 0. The molecule has 82 valence electrons. The minimum Gasteiger partial charge on any atom is -0.399 e. The first-order valence-corrected chi connectivity index (χ1v) is 5.33. The molecule has 0 aromatic heterocycles. The van der Waals surface area contributed by atoms with E-state index in [1.807, 2.05) is 0 Å². The molecule has 1 aromatic rings. The molecule has 0 fully saturated rings. The van der Waals surface area contributed by atoms with Gasteiger partial charge in [0.1, 0.15) is 0 Å². The van der Waals surface area contributed by atoms with E-state index < -0.39 is 16.1 Å². The molecule has 1 rings (SSSR count). The number of rotatable bonds is 3. The summed E-state index contributed by atoms with van der Waals surface area (Å²) >= 11 is 0. The number of nitrogens with one attached hydrogen (secondary N) is 2. The van der Waals surface area contributed by atoms with Gasteiger partial charge >= 0.3 is 6.03 Å². The fraction of sp³-hybridized carbons (Fsp3) is 0. The molecule has 0 saturated carbocycles. The normalized spacial score (nSPS) is 10.9. The molecule has 0 atom stereocenters. The van der Waals surface area contributed by atoms with Gasteiger partial charge in [-0.1, -0.05) is 0 Å². The van der Waals surface area contributed by atoms with E-state index >= 15 is 0 Å². The number of urea groups is 1. The standard InChI is InChI=1S/C7H10N4O3S/c8-5-1-3-6(4-2-5)15(13,14)11-10-7(9)12/h1-4,11H,8H2,(H3,9,10,12). The maximum Gasteiger partial charge on any atom is 0.327 e. The predicted octanol–water partition coefficient (Wildman–Crippen LogP) is -0.870. The van der Waals surface area contributed by atoms with Crippen LogP contribution in [-0.2, 0) is 10.0 Å². The second-order valence-corrected chi connectivity index (χ2v) is 4.35. The van der Waals surface area contributed by atoms with Crippen molar-refractivity contribution in [3.8, 4) is 0 Å². The van der Waals surface area contributed by atoms with Crippen LogP contribution in [0.15, 0.2) is 29.2 Å². The Balaban J connectivity index is 2.87. The number of nitrogen functional groups attached to an aromatic ring is 1. The van der Waals surface area contributed by atoms with Gasteiger partial charge in [-0.15, -0.1) is 4.83 Å². The van der Waals surface area contributed by atoms with Gasteiger partial charge in [-0.3, -0.25) is 5.43 Å². The van der Waals surface area contributed by atoms with Crippen LogP contribution in [0.5, 0.6) is 0 Å². The zero-order valence-corrected chi connectivity index (χ0v) is 8.41. The molecule has 0 heterocycles. The molecule has 0 unspecified atom stereocenters. The smallest absolute Gasteiger partial charge is 0.327 e. The van der Waals surface area contributed by atoms with Crippen LogP contribution in [0.2, 0.25) is 0 Å². The third kappa shape index (κ3) is 3.11. The average Bonchev–Trinajstić information content (AvgIpc) is 2.16. The van der Waals surface area contributed by atoms with Crippen LogP contribution in [0.25, 0.3) is 0 Å². The molecule has 8 heteroatoms. The first-order valence-electron chi connectivity index (χ1n) is 3.84. The van der Waals surface area contributed by atoms with Crippen molar-refractivity contribution in [1.82, 2.24) is 10.3 Å². The lowest BCUT2D eigenvalue weighted by Crippen LogP contribution is -2.44. The number of hydrazine groups is 1. The summed E-state index contributed by atoms with van der Waals surface area (Å²) in [4.78, 5) is 12.1. The van der Waals surface area contributed by atoms with Crippen LogP contribution in [0.3, 0.4) is 0 Å². The van der Waals surface area contributed by atoms with Crippen LogP contribution < -0.4 is 21.7 Å². The van der Waals surface area contributed by atoms with Crippen molar-refractivity contribution in [2.75, 3.05) is 5.73 Å². The highest BCUT2D eigenvalue weighted by Crippen LogP contribution is 2.10. The highest BCUT2D eigenvalue weighted by atomic mass is 32.2. The maximum absolute atomic E-state index is 11.4. The lowest BCUT2D eigenvalue weighted by Gasteiger charge is -2.06. The van der Waals surface area contributed by atoms with Crippen LogP contribution in [-0.4, -0.2) is 14.4 Å². The van der Waals surface area contributed by atoms with E-state index in [0.717, 1.165) is 0 Å². The predicted molar refractivity (Wildman–Crippen MR) is 53.9 cm³/mol. The Labute approximate surface area is 86.5 Å². The number of amides is 2. The number of carbonyl (C=O) groups is 1. The van der Waals surface area contributed by atoms with Gasteiger partial charge in [-0.25, -0.2) is 13.2 Å². The van der Waals surface area contributed by atoms with E-state index in [-0.39, 0.29) is 4.90 Å². The Bertz CT molecular complexity index is 454. The molecule has 0 aliphatic heterocycles. The second-order valence-electron chi connectivity index (χ2n) is 2.66. The van der Waals surface area contributed by atoms with E-state index in [9.17, 15) is 13.2 Å². The van der Waals surface area contributed by atoms with Gasteiger partial charge in [0, 0.05) is 5.69 Å². The van der Waals surface area contributed by atoms with Crippen molar-refractivity contribution in [1.29, 1.82) is 0 Å². The van der Waals surface area contributed by atoms with Crippen molar-refractivity contribution in [3.63, 3.8) is 0 Å². The van der Waals surface area contributed by atoms with Crippen molar-refractivity contribution in [3.05, 3.63) is 24.3 Å². The number of anilines is 1. The first-order chi connectivity index (χ1) is 6.92. The molecule has 15 heavy (non-hydrogen) atoms. The highest BCUT2D eigenvalue weighted by Gasteiger charge is 2.13. The van der Waals surface area contributed by atoms with E-state index in [2.05, 4.69) is 0 Å². The summed E-state index contributed by atoms with van der Waals surface area (Å²) in [6, 6.07) is 4.48. The van der Waals surface area contributed by atoms with Crippen LogP contribution in [0.1, 0.15) is 0 Å². The summed E-state index contributed by atoms with van der Waals surface area (Å²) in [5, 5.41) is 0. The molecule has 2 amide bonds. The van der Waals surface area contributed by atoms with Gasteiger partial charge in [0.25, 0.3) is 10.0 Å². The summed E-state index contributed by atoms with van der Waals surface area (Å²) < 4.78 is 22.9. The molecule has 0 bridgehead atoms. The van der Waals surface area contributed by atoms with Gasteiger partial charge in [0.15, 0.2) is 0 Å². The molecule has 1 aromatic carbocycles. The van der Waals surface area contributed by atoms with Crippen molar-refractivity contribution < 1.29 is 13.2 Å². The minimum absolute atomic E-state index is 0.0227. The molecule has 0 aliphatic carbocycles. The Morgan fingerprint density at radius 2 is 1.73 bits per heavy atom. The Morgan fingerprint density at radius 1 is 1.20 bits per heavy atom. The second kappa shape index (κ2) is 4.15. The number of primary amides is 1. The van der Waals surface area contributed by atoms with Crippen LogP contribution in [0.4, 0.5) is 10.5 Å². The molecule has 0 aliphatic rings. The summed E-state index contributed by atoms with van der Waals surface area (Å²) in [7, 11) is -3.79. The van der Waals surface area contributed by atoms with Crippen LogP contribution >= 0.6 is 0 Å². The number of hydrogen-bond donors (Lipinski definition) is 4. The number of nitrogens with two attached hydrogens (primary N) is 2. The zero-order valence-electron chi connectivity index (χ0n) is 7.60. The molecular weight excluding hydrogens is 220 g/mol. The molecular formula is C7H10N4O3S. The molecule has 7 nitrogen and oxygen atoms in total. The zero-order chi connectivity index (χ0) is 11.5. The third-order valence-corrected chi connectivity index (χ3v) is 2.76. The molecule has 0 saturated heterocycles. The van der Waals surface area contributed by atoms with E-state index in [4.69, 9.17) is 11.5 Å². The van der Waals surface area contributed by atoms with Gasteiger partial charge in [-0.05, 0) is 24.3 Å². The fourth-order valence-electron chi connectivity index (χ4n) is 0.823. The third-order valence-electron chi connectivity index (χ3n) is 1.50. The van der Waals surface area contributed by atoms with Gasteiger partial charge in [0.2, 0.25) is 0 Å². The average molecular weight is 230 g/mol. The number of benzene rings is 1. The summed E-state index contributed by atoms with van der Waals surface area (Å²) in [5.74, 6) is 0. The van der Waals surface area contributed by atoms with Crippen molar-refractivity contribution >= 4 is 21.7 Å². The number of carbonyl (C=O) groups excluding carboxylic acids is 1. The molecule has 0 spiro atoms. The summed E-state index contributed by atoms with van der Waals surface area (Å²) in [5.41, 5.74) is 12.3. The van der Waals surface area contributed by atoms with E-state index in [1.165, 1.54) is 24.3 Å². The number of hydrogen-bond acceptors (Lipinski definition) is 4. The number of sulfonamides is 1. The lowest BCUT2D eigenvalue weighted by molar-refractivity contribution is 0.247. The Morgan fingerprint density at radius 3 is 2.20 bits per heavy atom. The monoisotopic (exact) mass is 230 g/mol. The Hall–Kier alpha value is -1.80. The topological polar surface area (TPSA) is 127 Å². The molecule has 0 radical (unpaired) electrons. The van der Waals surface area contributed by atoms with E-state index in [1.54, 1.807) is 10.3 Å². The van der Waals surface area contributed by atoms with Crippen molar-refractivity contribution in [2.24, 2.45) is 5.73 Å². The fourth-order valence-corrected chi connectivity index (χ4v) is 1.67. The summed E-state index contributed by atoms with van der Waals surface area (Å²) in [6.45, 7) is 0. The van der Waals surface area contributed by atoms with Gasteiger partial charge < -0.3 is 11.5 Å². The largest absolute Gasteiger partial charge is 0.399 e. The molecule has 6 N–H and O–H groups in total. The highest BCUT2D eigenvalue weighted by molar-refractivity contribution is 7.89. The first kappa shape index (κ1) is 11.3. The van der Waals surface area contributed by atoms with Gasteiger partial charge in [0.05, 0.1) is 4.90 Å². The lowest BCUT2D eigenvalue weighted by atomic mass is 10.3. The maximum atomic E-state index is 11.4. The quantitative estimate of drug-likeness (QED) is 0.397. The SMILES string of the molecule is NC(=O)NNS(=O)(=O)c1ccc(N)cc1. The Kier molecular flexibility index (Phi) is 3.12.